The highest BCUT2D eigenvalue weighted by Crippen LogP contribution is 2.30. The molecule has 2 N–H and O–H groups in total. The van der Waals surface area contributed by atoms with Gasteiger partial charge in [-0.15, -0.1) is 0 Å². The fraction of sp³-hybridized carbons (Fsp3) is 0.294. The van der Waals surface area contributed by atoms with Gasteiger partial charge < -0.3 is 9.88 Å². The third-order valence-electron chi connectivity index (χ3n) is 4.76. The monoisotopic (exact) mass is 372 g/mol. The molecule has 0 bridgehead atoms. The molecule has 0 aliphatic carbocycles. The number of rotatable bonds is 2. The van der Waals surface area contributed by atoms with Gasteiger partial charge >= 0.3 is 0 Å². The number of aromatic nitrogens is 4. The smallest absolute Gasteiger partial charge is 0.279 e. The predicted octanol–water partition coefficient (Wildman–Crippen LogP) is 1.43. The fourth-order valence-electron chi connectivity index (χ4n) is 3.29. The van der Waals surface area contributed by atoms with Gasteiger partial charge in [-0.25, -0.2) is 4.98 Å². The number of aromatic amines is 2. The summed E-state index contributed by atoms with van der Waals surface area (Å²) in [6.45, 7) is 1.77. The zero-order chi connectivity index (χ0) is 18.3. The van der Waals surface area contributed by atoms with Crippen molar-refractivity contribution >= 4 is 28.5 Å². The van der Waals surface area contributed by atoms with Crippen LogP contribution in [0.3, 0.4) is 0 Å². The number of nitrogens with zero attached hydrogens (tertiary/aromatic N) is 4. The molecular formula is C17H17ClN6O2. The summed E-state index contributed by atoms with van der Waals surface area (Å²) in [6.07, 6.45) is 1.27. The Morgan fingerprint density at radius 2 is 2.08 bits per heavy atom. The van der Waals surface area contributed by atoms with Crippen molar-refractivity contribution in [2.75, 3.05) is 26.7 Å². The van der Waals surface area contributed by atoms with Crippen LogP contribution in [-0.2, 0) is 0 Å². The number of benzene rings is 1. The van der Waals surface area contributed by atoms with Gasteiger partial charge in [0.05, 0.1) is 12.4 Å². The first-order valence-electron chi connectivity index (χ1n) is 8.22. The Hall–Kier alpha value is -2.71. The van der Waals surface area contributed by atoms with Crippen molar-refractivity contribution in [3.05, 3.63) is 57.2 Å². The van der Waals surface area contributed by atoms with Crippen LogP contribution in [0.5, 0.6) is 0 Å². The molecule has 0 radical (unpaired) electrons. The lowest BCUT2D eigenvalue weighted by atomic mass is 10.0. The van der Waals surface area contributed by atoms with Crippen molar-refractivity contribution in [2.24, 2.45) is 0 Å². The van der Waals surface area contributed by atoms with Crippen molar-refractivity contribution < 1.29 is 4.79 Å². The molecule has 1 saturated heterocycles. The van der Waals surface area contributed by atoms with E-state index in [1.54, 1.807) is 4.90 Å². The van der Waals surface area contributed by atoms with Gasteiger partial charge in [0.2, 0.25) is 0 Å². The molecule has 1 amide bonds. The number of H-pyrrole nitrogens is 2. The van der Waals surface area contributed by atoms with Crippen molar-refractivity contribution in [3.63, 3.8) is 0 Å². The highest BCUT2D eigenvalue weighted by molar-refractivity contribution is 6.31. The van der Waals surface area contributed by atoms with Crippen LogP contribution in [0.1, 0.15) is 22.1 Å². The molecular weight excluding hydrogens is 356 g/mol. The molecule has 0 saturated carbocycles. The molecule has 1 unspecified atom stereocenters. The summed E-state index contributed by atoms with van der Waals surface area (Å²) in [5.74, 6) is -0.226. The molecule has 9 heteroatoms. The Bertz CT molecular complexity index is 1030. The van der Waals surface area contributed by atoms with Gasteiger partial charge in [0.25, 0.3) is 11.5 Å². The number of halogens is 1. The molecule has 0 spiro atoms. The van der Waals surface area contributed by atoms with E-state index < -0.39 is 0 Å². The lowest BCUT2D eigenvalue weighted by Gasteiger charge is -2.39. The van der Waals surface area contributed by atoms with E-state index in [0.29, 0.717) is 24.7 Å². The van der Waals surface area contributed by atoms with E-state index in [0.717, 1.165) is 5.56 Å². The minimum atomic E-state index is -0.377. The number of likely N-dealkylation sites (N-methyl/N-ethyl adjacent to an activating group) is 1. The van der Waals surface area contributed by atoms with Crippen LogP contribution in [0.15, 0.2) is 35.4 Å². The maximum Gasteiger partial charge on any atom is 0.279 e. The van der Waals surface area contributed by atoms with Gasteiger partial charge in [0.15, 0.2) is 5.52 Å². The Morgan fingerprint density at radius 3 is 2.88 bits per heavy atom. The normalized spacial score (nSPS) is 18.4. The molecule has 26 heavy (non-hydrogen) atoms. The van der Waals surface area contributed by atoms with Crippen LogP contribution in [0.4, 0.5) is 0 Å². The largest absolute Gasteiger partial charge is 0.334 e. The number of hydrogen-bond donors (Lipinski definition) is 2. The van der Waals surface area contributed by atoms with Crippen LogP contribution in [0, 0.1) is 0 Å². The Balaban J connectivity index is 1.65. The van der Waals surface area contributed by atoms with Crippen molar-refractivity contribution in [3.8, 4) is 0 Å². The Kier molecular flexibility index (Phi) is 4.21. The number of hydrogen-bond acceptors (Lipinski definition) is 5. The maximum absolute atomic E-state index is 13.0. The molecule has 1 aromatic carbocycles. The lowest BCUT2D eigenvalue weighted by Crippen LogP contribution is -2.49. The molecule has 3 heterocycles. The third-order valence-corrected chi connectivity index (χ3v) is 5.10. The molecule has 8 nitrogen and oxygen atoms in total. The Morgan fingerprint density at radius 1 is 1.27 bits per heavy atom. The second-order valence-electron chi connectivity index (χ2n) is 6.30. The zero-order valence-corrected chi connectivity index (χ0v) is 14.8. The average Bonchev–Trinajstić information content (AvgIpc) is 3.08. The number of carbonyl (C=O) groups excluding carboxylic acids is 1. The number of nitrogens with one attached hydrogen (secondary N) is 2. The summed E-state index contributed by atoms with van der Waals surface area (Å²) < 4.78 is 0. The molecule has 3 aromatic rings. The zero-order valence-electron chi connectivity index (χ0n) is 14.1. The molecule has 1 aliphatic heterocycles. The quantitative estimate of drug-likeness (QED) is 0.709. The molecule has 4 rings (SSSR count). The predicted molar refractivity (Wildman–Crippen MR) is 97.2 cm³/mol. The molecule has 134 valence electrons. The molecule has 1 aliphatic rings. The first-order chi connectivity index (χ1) is 12.6. The molecule has 2 aromatic heterocycles. The first-order valence-corrected chi connectivity index (χ1v) is 8.59. The van der Waals surface area contributed by atoms with Crippen LogP contribution >= 0.6 is 11.6 Å². The van der Waals surface area contributed by atoms with Crippen LogP contribution in [-0.4, -0.2) is 62.6 Å². The van der Waals surface area contributed by atoms with Gasteiger partial charge in [-0.2, -0.15) is 5.10 Å². The van der Waals surface area contributed by atoms with Crippen LogP contribution < -0.4 is 5.56 Å². The van der Waals surface area contributed by atoms with Gasteiger partial charge in [0.1, 0.15) is 11.2 Å². The van der Waals surface area contributed by atoms with E-state index in [9.17, 15) is 9.59 Å². The van der Waals surface area contributed by atoms with Gasteiger partial charge in [0, 0.05) is 24.7 Å². The highest BCUT2D eigenvalue weighted by Gasteiger charge is 2.31. The van der Waals surface area contributed by atoms with Crippen LogP contribution in [0.25, 0.3) is 11.0 Å². The van der Waals surface area contributed by atoms with Crippen molar-refractivity contribution in [1.29, 1.82) is 0 Å². The molecule has 1 fully saturated rings. The van der Waals surface area contributed by atoms with E-state index >= 15 is 0 Å². The summed E-state index contributed by atoms with van der Waals surface area (Å²) in [7, 11) is 2.02. The van der Waals surface area contributed by atoms with E-state index in [2.05, 4.69) is 25.1 Å². The second kappa shape index (κ2) is 6.54. The van der Waals surface area contributed by atoms with Gasteiger partial charge in [-0.05, 0) is 18.7 Å². The SMILES string of the molecule is CN1CCN(C(=O)c2[nH]nc3c(=O)[nH]cnc23)CC1c1ccccc1Cl. The lowest BCUT2D eigenvalue weighted by molar-refractivity contribution is 0.0542. The summed E-state index contributed by atoms with van der Waals surface area (Å²) in [4.78, 5) is 35.3. The van der Waals surface area contributed by atoms with Gasteiger partial charge in [-0.3, -0.25) is 19.6 Å². The number of amides is 1. The van der Waals surface area contributed by atoms with Gasteiger partial charge in [-0.1, -0.05) is 29.8 Å². The average molecular weight is 373 g/mol. The Labute approximate surface area is 153 Å². The van der Waals surface area contributed by atoms with E-state index in [1.165, 1.54) is 6.33 Å². The minimum absolute atomic E-state index is 0.00746. The van der Waals surface area contributed by atoms with Crippen molar-refractivity contribution in [1.82, 2.24) is 30.0 Å². The summed E-state index contributed by atoms with van der Waals surface area (Å²) >= 11 is 6.35. The highest BCUT2D eigenvalue weighted by atomic mass is 35.5. The van der Waals surface area contributed by atoms with Crippen LogP contribution in [0.2, 0.25) is 5.02 Å². The molecule has 1 atom stereocenters. The second-order valence-corrected chi connectivity index (χ2v) is 6.70. The first kappa shape index (κ1) is 16.7. The maximum atomic E-state index is 13.0. The minimum Gasteiger partial charge on any atom is -0.334 e. The summed E-state index contributed by atoms with van der Waals surface area (Å²) in [6, 6.07) is 7.65. The van der Waals surface area contributed by atoms with E-state index in [1.807, 2.05) is 31.3 Å². The summed E-state index contributed by atoms with van der Waals surface area (Å²) in [5, 5.41) is 7.28. The number of piperazine rings is 1. The van der Waals surface area contributed by atoms with Crippen molar-refractivity contribution in [2.45, 2.75) is 6.04 Å². The third kappa shape index (κ3) is 2.77. The fourth-order valence-corrected chi connectivity index (χ4v) is 3.55. The van der Waals surface area contributed by atoms with E-state index in [-0.39, 0.29) is 34.2 Å². The number of carbonyl (C=O) groups is 1. The standard InChI is InChI=1S/C17H17ClN6O2/c1-23-6-7-24(8-12(23)10-4-2-3-5-11(10)18)17(26)15-13-14(21-22-15)16(25)20-9-19-13/h2-5,9,12H,6-8H2,1H3,(H,21,22)(H,19,20,25). The van der Waals surface area contributed by atoms with E-state index in [4.69, 9.17) is 11.6 Å². The number of fused-ring (bicyclic) bond motifs is 1. The summed E-state index contributed by atoms with van der Waals surface area (Å²) in [5.41, 5.74) is 1.25. The topological polar surface area (TPSA) is 98.0 Å².